The number of allylic oxidation sites excluding steroid dienone is 2. The molecule has 3 N–H and O–H groups in total. The highest BCUT2D eigenvalue weighted by Gasteiger charge is 2.77. The molecule has 0 aromatic heterocycles. The SMILES string of the molecule is CO[C@H]1C[C@H]2OC[C@@]2(OC(C)=O)C2[C@H](O)[C@]3(O)C[C@H](OC(=O)[C@H](OC(=O)CC4/C=C/CCCCC4)[C@@H](NC(=O)OC(C)(C)C)c4ccccc4)C(C)=C([C@@H](OC(C)=O)C(=O)[C@@]21C)C3(C)C. The Morgan fingerprint density at radius 3 is 2.28 bits per heavy atom. The Morgan fingerprint density at radius 2 is 1.68 bits per heavy atom. The van der Waals surface area contributed by atoms with Crippen molar-refractivity contribution in [2.45, 2.75) is 173 Å². The molecule has 1 saturated heterocycles. The molecule has 1 aliphatic heterocycles. The van der Waals surface area contributed by atoms with Crippen LogP contribution in [0, 0.1) is 22.7 Å². The number of carbonyl (C=O) groups excluding carboxylic acids is 6. The number of Topliss-reactive ketones (excluding diaryl/α,β-unsaturated/α-hetero) is 1. The molecule has 1 aromatic carbocycles. The lowest BCUT2D eigenvalue weighted by Crippen LogP contribution is -2.81. The number of methoxy groups -OCH3 is 1. The number of hydrogen-bond donors (Lipinski definition) is 3. The third kappa shape index (κ3) is 9.50. The van der Waals surface area contributed by atoms with E-state index in [1.807, 2.05) is 12.2 Å². The fourth-order valence-corrected chi connectivity index (χ4v) is 11.2. The molecule has 3 fully saturated rings. The first-order valence-corrected chi connectivity index (χ1v) is 22.7. The highest BCUT2D eigenvalue weighted by atomic mass is 16.6. The summed E-state index contributed by atoms with van der Waals surface area (Å²) in [5.41, 5.74) is -7.56. The first kappa shape index (κ1) is 49.8. The van der Waals surface area contributed by atoms with Crippen LogP contribution < -0.4 is 5.32 Å². The summed E-state index contributed by atoms with van der Waals surface area (Å²) in [5.74, 6) is -5.68. The third-order valence-corrected chi connectivity index (χ3v) is 14.4. The van der Waals surface area contributed by atoms with Crippen molar-refractivity contribution in [2.24, 2.45) is 22.7 Å². The van der Waals surface area contributed by atoms with E-state index < -0.39 is 118 Å². The summed E-state index contributed by atoms with van der Waals surface area (Å²) in [6, 6.07) is 7.03. The summed E-state index contributed by atoms with van der Waals surface area (Å²) in [4.78, 5) is 83.9. The topological polar surface area (TPSA) is 220 Å². The summed E-state index contributed by atoms with van der Waals surface area (Å²) in [6.45, 7) is 13.4. The van der Waals surface area contributed by atoms with Gasteiger partial charge in [-0.3, -0.25) is 19.2 Å². The number of esters is 4. The van der Waals surface area contributed by atoms with E-state index in [1.165, 1.54) is 14.0 Å². The number of alkyl carbamates (subject to hydrolysis) is 1. The number of aliphatic hydroxyl groups excluding tert-OH is 1. The maximum Gasteiger partial charge on any atom is 0.408 e. The van der Waals surface area contributed by atoms with Crippen molar-refractivity contribution in [3.63, 3.8) is 0 Å². The lowest BCUT2D eigenvalue weighted by molar-refractivity contribution is -0.348. The number of aliphatic hydroxyl groups is 2. The van der Waals surface area contributed by atoms with Gasteiger partial charge in [0, 0.05) is 45.1 Å². The summed E-state index contributed by atoms with van der Waals surface area (Å²) in [6.07, 6.45) is -1.53. The molecule has 4 aliphatic carbocycles. The molecular formula is C49H67NO15. The van der Waals surface area contributed by atoms with Crippen LogP contribution in [0.5, 0.6) is 0 Å². The van der Waals surface area contributed by atoms with Gasteiger partial charge in [-0.1, -0.05) is 69.2 Å². The highest BCUT2D eigenvalue weighted by molar-refractivity contribution is 5.95. The molecule has 0 spiro atoms. The standard InChI is InChI=1S/C49H67NO15/c1-27-32(62-43(56)39(63-35(53)23-30-19-15-12-11-13-16-20-30)37(31-21-17-14-18-22-31)50-44(57)65-45(4,5)6)25-49(58)42(55)40-47(9,41(54)38(61-28(2)51)36(27)46(49,7)8)33(59-10)24-34-48(40,26-60-34)64-29(3)52/h14-15,17-19,21-22,30,32-34,37-40,42,55,58H,11-13,16,20,23-26H2,1-10H3,(H,50,57)/b19-15+/t30?,32-,33-,34+,37-,38+,39+,40?,42-,47+,48-,49+/m0/s1. The maximum absolute atomic E-state index is 15.5. The molecule has 358 valence electrons. The Morgan fingerprint density at radius 1 is 0.985 bits per heavy atom. The summed E-state index contributed by atoms with van der Waals surface area (Å²) in [5, 5.41) is 29.0. The Balaban J connectivity index is 1.48. The van der Waals surface area contributed by atoms with Gasteiger partial charge in [-0.15, -0.1) is 0 Å². The number of ether oxygens (including phenoxy) is 7. The van der Waals surface area contributed by atoms with E-state index in [0.717, 1.165) is 39.0 Å². The van der Waals surface area contributed by atoms with Crippen LogP contribution in [0.3, 0.4) is 0 Å². The van der Waals surface area contributed by atoms with E-state index in [0.29, 0.717) is 5.56 Å². The van der Waals surface area contributed by atoms with Gasteiger partial charge < -0.3 is 48.7 Å². The number of benzene rings is 1. The minimum atomic E-state index is -2.31. The van der Waals surface area contributed by atoms with Gasteiger partial charge in [0.25, 0.3) is 0 Å². The van der Waals surface area contributed by atoms with E-state index in [9.17, 15) is 29.4 Å². The first-order valence-electron chi connectivity index (χ1n) is 22.7. The van der Waals surface area contributed by atoms with Crippen molar-refractivity contribution in [1.29, 1.82) is 0 Å². The monoisotopic (exact) mass is 909 g/mol. The van der Waals surface area contributed by atoms with Crippen molar-refractivity contribution in [3.05, 3.63) is 59.2 Å². The predicted octanol–water partition coefficient (Wildman–Crippen LogP) is 5.70. The minimum absolute atomic E-state index is 0.0650. The van der Waals surface area contributed by atoms with Gasteiger partial charge in [0.2, 0.25) is 6.10 Å². The molecule has 2 unspecified atom stereocenters. The van der Waals surface area contributed by atoms with Crippen LogP contribution >= 0.6 is 0 Å². The molecule has 16 nitrogen and oxygen atoms in total. The van der Waals surface area contributed by atoms with Crippen LogP contribution in [0.4, 0.5) is 4.79 Å². The van der Waals surface area contributed by atoms with Crippen LogP contribution in [-0.4, -0.2) is 113 Å². The summed E-state index contributed by atoms with van der Waals surface area (Å²) < 4.78 is 41.8. The van der Waals surface area contributed by atoms with Crippen LogP contribution in [0.15, 0.2) is 53.6 Å². The second kappa shape index (κ2) is 18.9. The zero-order valence-corrected chi connectivity index (χ0v) is 39.3. The van der Waals surface area contributed by atoms with E-state index in [2.05, 4.69) is 5.32 Å². The van der Waals surface area contributed by atoms with Crippen LogP contribution in [0.1, 0.15) is 125 Å². The van der Waals surface area contributed by atoms with Crippen molar-refractivity contribution < 1.29 is 72.1 Å². The molecule has 5 aliphatic rings. The number of fused-ring (bicyclic) bond motifs is 5. The number of nitrogens with one attached hydrogen (secondary N) is 1. The van der Waals surface area contributed by atoms with Crippen molar-refractivity contribution >= 4 is 35.8 Å². The second-order valence-electron chi connectivity index (χ2n) is 20.1. The molecule has 0 radical (unpaired) electrons. The van der Waals surface area contributed by atoms with Crippen molar-refractivity contribution in [3.8, 4) is 0 Å². The average Bonchev–Trinajstić information content (AvgIpc) is 3.19. The number of amides is 1. The van der Waals surface area contributed by atoms with E-state index >= 15 is 9.59 Å². The van der Waals surface area contributed by atoms with Crippen molar-refractivity contribution in [1.82, 2.24) is 5.32 Å². The fraction of sp³-hybridized carbons (Fsp3) is 0.673. The molecule has 2 saturated carbocycles. The largest absolute Gasteiger partial charge is 0.455 e. The zero-order valence-electron chi connectivity index (χ0n) is 39.3. The lowest BCUT2D eigenvalue weighted by atomic mass is 9.44. The van der Waals surface area contributed by atoms with Gasteiger partial charge in [-0.05, 0) is 76.5 Å². The van der Waals surface area contributed by atoms with E-state index in [-0.39, 0.29) is 36.5 Å². The molecule has 1 heterocycles. The average molecular weight is 910 g/mol. The molecule has 16 heteroatoms. The Bertz CT molecular complexity index is 2060. The molecular weight excluding hydrogens is 843 g/mol. The van der Waals surface area contributed by atoms with Crippen LogP contribution in [-0.2, 0) is 57.1 Å². The third-order valence-electron chi connectivity index (χ3n) is 14.4. The van der Waals surface area contributed by atoms with Crippen LogP contribution in [0.25, 0.3) is 0 Å². The second-order valence-corrected chi connectivity index (χ2v) is 20.1. The minimum Gasteiger partial charge on any atom is -0.455 e. The zero-order chi connectivity index (χ0) is 47.9. The van der Waals surface area contributed by atoms with Crippen molar-refractivity contribution in [2.75, 3.05) is 13.7 Å². The molecule has 65 heavy (non-hydrogen) atoms. The smallest absolute Gasteiger partial charge is 0.408 e. The Kier molecular flexibility index (Phi) is 14.5. The number of carbonyl (C=O) groups is 6. The van der Waals surface area contributed by atoms with Gasteiger partial charge in [0.05, 0.1) is 30.7 Å². The van der Waals surface area contributed by atoms with Gasteiger partial charge in [0.15, 0.2) is 17.5 Å². The van der Waals surface area contributed by atoms with Gasteiger partial charge >= 0.3 is 30.0 Å². The Labute approximate surface area is 381 Å². The Hall–Kier alpha value is -4.64. The summed E-state index contributed by atoms with van der Waals surface area (Å²) >= 11 is 0. The summed E-state index contributed by atoms with van der Waals surface area (Å²) in [7, 11) is 1.39. The normalized spacial score (nSPS) is 34.5. The molecule has 6 rings (SSSR count). The molecule has 12 atom stereocenters. The van der Waals surface area contributed by atoms with Crippen LogP contribution in [0.2, 0.25) is 0 Å². The molecule has 1 aromatic rings. The quantitative estimate of drug-likeness (QED) is 0.138. The van der Waals surface area contributed by atoms with Gasteiger partial charge in [-0.25, -0.2) is 9.59 Å². The molecule has 2 bridgehead atoms. The molecule has 1 amide bonds. The predicted molar refractivity (Wildman–Crippen MR) is 233 cm³/mol. The number of rotatable bonds is 11. The van der Waals surface area contributed by atoms with E-state index in [1.54, 1.807) is 78.8 Å². The fourth-order valence-electron chi connectivity index (χ4n) is 11.2. The lowest BCUT2D eigenvalue weighted by Gasteiger charge is -2.67. The number of hydrogen-bond acceptors (Lipinski definition) is 15. The van der Waals surface area contributed by atoms with Gasteiger partial charge in [0.1, 0.15) is 29.5 Å². The first-order chi connectivity index (χ1) is 30.4. The van der Waals surface area contributed by atoms with E-state index in [4.69, 9.17) is 33.2 Å². The number of ketones is 1. The highest BCUT2D eigenvalue weighted by Crippen LogP contribution is 2.64. The van der Waals surface area contributed by atoms with Gasteiger partial charge in [-0.2, -0.15) is 0 Å². The maximum atomic E-state index is 15.5.